The second kappa shape index (κ2) is 12.2. The van der Waals surface area contributed by atoms with Crippen molar-refractivity contribution in [3.63, 3.8) is 0 Å². The second-order valence-corrected chi connectivity index (χ2v) is 18.2. The zero-order chi connectivity index (χ0) is 35.0. The number of likely N-dealkylation sites (N-methyl/N-ethyl adjacent to an activating group) is 1. The van der Waals surface area contributed by atoms with Crippen LogP contribution in [0.25, 0.3) is 0 Å². The molecule has 48 heavy (non-hydrogen) atoms. The summed E-state index contributed by atoms with van der Waals surface area (Å²) in [6.45, 7) is 25.6. The van der Waals surface area contributed by atoms with Gasteiger partial charge in [-0.1, -0.05) is 46.8 Å². The van der Waals surface area contributed by atoms with E-state index in [1.54, 1.807) is 7.05 Å². The molecule has 0 saturated heterocycles. The Kier molecular flexibility index (Phi) is 9.03. The topological polar surface area (TPSA) is 90.4 Å². The number of esters is 2. The molecular weight excluding hydrogens is 598 g/mol. The number of carbonyl (C=O) groups is 2. The first kappa shape index (κ1) is 35.5. The average molecular weight is 662 g/mol. The lowest BCUT2D eigenvalue weighted by Crippen LogP contribution is -2.67. The maximum Gasteiger partial charge on any atom is 0.320 e. The molecule has 1 N–H and O–H groups in total. The molecule has 1 heterocycles. The van der Waals surface area contributed by atoms with Gasteiger partial charge >= 0.3 is 11.9 Å². The van der Waals surface area contributed by atoms with Gasteiger partial charge in [-0.2, -0.15) is 0 Å². The smallest absolute Gasteiger partial charge is 0.320 e. The molecule has 266 valence electrons. The minimum Gasteiger partial charge on any atom is -0.461 e. The highest BCUT2D eigenvalue weighted by atomic mass is 16.5. The van der Waals surface area contributed by atoms with Crippen molar-refractivity contribution in [2.24, 2.45) is 56.7 Å². The fraction of sp³-hybridized carbons (Fsp3) is 0.805. The first-order chi connectivity index (χ1) is 22.5. The van der Waals surface area contributed by atoms with E-state index < -0.39 is 5.41 Å². The number of ether oxygens (including phenoxy) is 2. The third-order valence-electron chi connectivity index (χ3n) is 15.9. The van der Waals surface area contributed by atoms with E-state index in [0.29, 0.717) is 23.7 Å². The predicted molar refractivity (Wildman–Crippen MR) is 189 cm³/mol. The summed E-state index contributed by atoms with van der Waals surface area (Å²) in [6, 6.07) is 0. The summed E-state index contributed by atoms with van der Waals surface area (Å²) in [7, 11) is 1.80. The Hall–Kier alpha value is -2.28. The minimum atomic E-state index is -0.462. The molecule has 7 heteroatoms. The molecule has 0 aromatic carbocycles. The molecule has 5 aliphatic rings. The van der Waals surface area contributed by atoms with Crippen molar-refractivity contribution in [2.45, 2.75) is 139 Å². The zero-order valence-corrected chi connectivity index (χ0v) is 31.7. The number of nitrogens with one attached hydrogen (secondary N) is 1. The number of hydrogen-bond donors (Lipinski definition) is 1. The van der Waals surface area contributed by atoms with E-state index in [1.807, 2.05) is 20.8 Å². The van der Waals surface area contributed by atoms with Gasteiger partial charge in [-0.05, 0) is 145 Å². The Bertz CT molecular complexity index is 1470. The highest BCUT2D eigenvalue weighted by Gasteiger charge is 2.72. The maximum atomic E-state index is 14.5. The molecule has 0 radical (unpaired) electrons. The van der Waals surface area contributed by atoms with Crippen molar-refractivity contribution < 1.29 is 19.1 Å². The SMILES string of the molecule is C=C(C)[C@@H]1CC[C@]2(C(=O)OCc3nc(C)c(C)nc3C)CC[C@]3(C)[C@H](CC[C@@H]4[C@@]5(C)CC[C@H](OC(=O)CNC)C(C)(C)[C@@H]5CC[C@]43C)[C@@H]12. The van der Waals surface area contributed by atoms with Crippen LogP contribution in [-0.2, 0) is 25.7 Å². The minimum absolute atomic E-state index is 0.0198. The van der Waals surface area contributed by atoms with Crippen LogP contribution in [0.2, 0.25) is 0 Å². The molecule has 5 fully saturated rings. The largest absolute Gasteiger partial charge is 0.461 e. The highest BCUT2D eigenvalue weighted by molar-refractivity contribution is 5.78. The molecule has 0 spiro atoms. The number of carbonyl (C=O) groups excluding carboxylic acids is 2. The normalized spacial score (nSPS) is 41.3. The van der Waals surface area contributed by atoms with Gasteiger partial charge in [0.1, 0.15) is 12.7 Å². The van der Waals surface area contributed by atoms with Crippen LogP contribution in [0.5, 0.6) is 0 Å². The van der Waals surface area contributed by atoms with Crippen molar-refractivity contribution in [1.29, 1.82) is 0 Å². The molecule has 1 aromatic rings. The molecule has 1 aromatic heterocycles. The van der Waals surface area contributed by atoms with Crippen LogP contribution in [0.15, 0.2) is 12.2 Å². The fourth-order valence-electron chi connectivity index (χ4n) is 13.2. The van der Waals surface area contributed by atoms with Gasteiger partial charge < -0.3 is 14.8 Å². The summed E-state index contributed by atoms with van der Waals surface area (Å²) < 4.78 is 12.4. The number of hydrogen-bond acceptors (Lipinski definition) is 7. The summed E-state index contributed by atoms with van der Waals surface area (Å²) in [6.07, 6.45) is 10.6. The molecule has 0 aliphatic heterocycles. The second-order valence-electron chi connectivity index (χ2n) is 18.2. The van der Waals surface area contributed by atoms with Crippen LogP contribution in [-0.4, -0.2) is 41.6 Å². The lowest BCUT2D eigenvalue weighted by molar-refractivity contribution is -0.251. The Labute approximate surface area is 290 Å². The van der Waals surface area contributed by atoms with Crippen molar-refractivity contribution in [3.05, 3.63) is 34.9 Å². The van der Waals surface area contributed by atoms with Crippen LogP contribution >= 0.6 is 0 Å². The molecule has 10 atom stereocenters. The van der Waals surface area contributed by atoms with Gasteiger partial charge in [0.25, 0.3) is 0 Å². The van der Waals surface area contributed by atoms with Gasteiger partial charge in [-0.3, -0.25) is 19.6 Å². The van der Waals surface area contributed by atoms with E-state index >= 15 is 0 Å². The third-order valence-corrected chi connectivity index (χ3v) is 15.9. The van der Waals surface area contributed by atoms with Crippen LogP contribution in [0.4, 0.5) is 0 Å². The zero-order valence-electron chi connectivity index (χ0n) is 31.7. The predicted octanol–water partition coefficient (Wildman–Crippen LogP) is 8.23. The first-order valence-electron chi connectivity index (χ1n) is 18.9. The quantitative estimate of drug-likeness (QED) is 0.233. The van der Waals surface area contributed by atoms with Gasteiger partial charge in [-0.15, -0.1) is 0 Å². The van der Waals surface area contributed by atoms with E-state index in [1.165, 1.54) is 18.4 Å². The number of allylic oxidation sites excluding steroid dienone is 1. The van der Waals surface area contributed by atoms with Gasteiger partial charge in [0.05, 0.1) is 34.7 Å². The Morgan fingerprint density at radius 1 is 0.833 bits per heavy atom. The standard InChI is InChI=1S/C41H63N3O4/c1-24(2)28-14-19-41(36(46)47-23-30-27(5)43-25(3)26(4)44-30)21-20-39(9)29(35(28)41)12-13-32-38(8)17-16-33(48-34(45)22-42-11)37(6,7)31(38)15-18-40(32,39)10/h28-29,31-33,35,42H,1,12-23H2,2-11H3/t28-,29+,31-,32+,33-,35+,38-,39+,40+,41-/m0/s1. The first-order valence-corrected chi connectivity index (χ1v) is 18.9. The molecule has 5 saturated carbocycles. The van der Waals surface area contributed by atoms with Crippen molar-refractivity contribution in [2.75, 3.05) is 13.6 Å². The van der Waals surface area contributed by atoms with E-state index in [0.717, 1.165) is 74.1 Å². The van der Waals surface area contributed by atoms with Crippen molar-refractivity contribution >= 4 is 11.9 Å². The van der Waals surface area contributed by atoms with Gasteiger partial charge in [-0.25, -0.2) is 0 Å². The molecule has 0 amide bonds. The molecule has 0 unspecified atom stereocenters. The number of nitrogens with zero attached hydrogens (tertiary/aromatic N) is 2. The van der Waals surface area contributed by atoms with Gasteiger partial charge in [0.15, 0.2) is 0 Å². The number of rotatable bonds is 7. The molecule has 0 bridgehead atoms. The lowest BCUT2D eigenvalue weighted by atomic mass is 9.32. The highest BCUT2D eigenvalue weighted by Crippen LogP contribution is 2.77. The average Bonchev–Trinajstić information content (AvgIpc) is 3.41. The third kappa shape index (κ3) is 5.13. The summed E-state index contributed by atoms with van der Waals surface area (Å²) in [4.78, 5) is 36.4. The maximum absolute atomic E-state index is 14.5. The lowest BCUT2D eigenvalue weighted by Gasteiger charge is -2.72. The van der Waals surface area contributed by atoms with Crippen LogP contribution in [0, 0.1) is 77.4 Å². The number of fused-ring (bicyclic) bond motifs is 7. The Morgan fingerprint density at radius 2 is 1.54 bits per heavy atom. The molecule has 5 aliphatic carbocycles. The van der Waals surface area contributed by atoms with Gasteiger partial charge in [0.2, 0.25) is 0 Å². The monoisotopic (exact) mass is 661 g/mol. The summed E-state index contributed by atoms with van der Waals surface area (Å²) >= 11 is 0. The van der Waals surface area contributed by atoms with Crippen molar-refractivity contribution in [3.8, 4) is 0 Å². The number of aromatic nitrogens is 2. The summed E-state index contributed by atoms with van der Waals surface area (Å²) in [5.74, 6) is 2.02. The Balaban J connectivity index is 1.28. The molecule has 6 rings (SSSR count). The molecule has 7 nitrogen and oxygen atoms in total. The van der Waals surface area contributed by atoms with E-state index in [-0.39, 0.29) is 58.8 Å². The van der Waals surface area contributed by atoms with Crippen LogP contribution < -0.4 is 5.32 Å². The molecular formula is C41H63N3O4. The van der Waals surface area contributed by atoms with Crippen molar-refractivity contribution in [1.82, 2.24) is 15.3 Å². The van der Waals surface area contributed by atoms with E-state index in [2.05, 4.69) is 58.4 Å². The summed E-state index contributed by atoms with van der Waals surface area (Å²) in [5, 5.41) is 2.96. The summed E-state index contributed by atoms with van der Waals surface area (Å²) in [5.41, 5.74) is 4.61. The van der Waals surface area contributed by atoms with E-state index in [4.69, 9.17) is 14.5 Å². The van der Waals surface area contributed by atoms with Crippen LogP contribution in [0.1, 0.15) is 129 Å². The van der Waals surface area contributed by atoms with Crippen LogP contribution in [0.3, 0.4) is 0 Å². The van der Waals surface area contributed by atoms with Gasteiger partial charge in [0, 0.05) is 5.41 Å². The Morgan fingerprint density at radius 3 is 2.23 bits per heavy atom. The fourth-order valence-corrected chi connectivity index (χ4v) is 13.2. The van der Waals surface area contributed by atoms with E-state index in [9.17, 15) is 9.59 Å². The number of aryl methyl sites for hydroxylation is 3.